The maximum Gasteiger partial charge on any atom is 0.242 e. The number of rotatable bonds is 8. The average Bonchev–Trinajstić information content (AvgIpc) is 2.65. The molecule has 0 radical (unpaired) electrons. The third-order valence-corrected chi connectivity index (χ3v) is 7.18. The highest BCUT2D eigenvalue weighted by molar-refractivity contribution is 7.89. The number of sulfonamides is 1. The van der Waals surface area contributed by atoms with Crippen molar-refractivity contribution in [1.29, 1.82) is 0 Å². The molecular formula is C19H22Cl3N3O3S. The molecule has 0 aromatic heterocycles. The Labute approximate surface area is 186 Å². The molecule has 0 saturated heterocycles. The maximum atomic E-state index is 12.3. The Morgan fingerprint density at radius 3 is 2.38 bits per heavy atom. The van der Waals surface area contributed by atoms with Crippen LogP contribution in [0.25, 0.3) is 0 Å². The van der Waals surface area contributed by atoms with E-state index < -0.39 is 10.0 Å². The summed E-state index contributed by atoms with van der Waals surface area (Å²) in [6.07, 6.45) is 0.190. The molecule has 0 aliphatic carbocycles. The average molecular weight is 479 g/mol. The van der Waals surface area contributed by atoms with Crippen molar-refractivity contribution >= 4 is 56.4 Å². The Morgan fingerprint density at radius 2 is 1.72 bits per heavy atom. The molecule has 0 bridgehead atoms. The Balaban J connectivity index is 1.99. The molecule has 1 amide bonds. The summed E-state index contributed by atoms with van der Waals surface area (Å²) < 4.78 is 25.6. The van der Waals surface area contributed by atoms with E-state index in [9.17, 15) is 13.2 Å². The normalized spacial score (nSPS) is 11.9. The van der Waals surface area contributed by atoms with E-state index in [2.05, 4.69) is 5.32 Å². The van der Waals surface area contributed by atoms with Crippen LogP contribution in [0.3, 0.4) is 0 Å². The SMILES string of the molecule is CN(CCC(=O)Nc1cc(S(=O)(=O)N(C)C)ccc1Cl)Cc1cccc(Cl)c1Cl. The van der Waals surface area contributed by atoms with Crippen molar-refractivity contribution in [2.24, 2.45) is 0 Å². The second-order valence-corrected chi connectivity index (χ2v) is 10.0. The number of anilines is 1. The number of carbonyl (C=O) groups excluding carboxylic acids is 1. The van der Waals surface area contributed by atoms with E-state index in [0.29, 0.717) is 23.1 Å². The summed E-state index contributed by atoms with van der Waals surface area (Å²) >= 11 is 18.3. The summed E-state index contributed by atoms with van der Waals surface area (Å²) in [4.78, 5) is 14.3. The molecule has 2 aromatic carbocycles. The Bertz CT molecular complexity index is 997. The third kappa shape index (κ3) is 6.31. The fourth-order valence-corrected chi connectivity index (χ4v) is 3.99. The molecule has 1 N–H and O–H groups in total. The van der Waals surface area contributed by atoms with Crippen LogP contribution in [0, 0.1) is 0 Å². The molecule has 0 saturated carbocycles. The minimum atomic E-state index is -3.63. The van der Waals surface area contributed by atoms with Crippen molar-refractivity contribution in [3.05, 3.63) is 57.0 Å². The molecule has 2 rings (SSSR count). The number of carbonyl (C=O) groups is 1. The predicted octanol–water partition coefficient (Wildman–Crippen LogP) is 4.36. The lowest BCUT2D eigenvalue weighted by Gasteiger charge is -2.18. The summed E-state index contributed by atoms with van der Waals surface area (Å²) in [7, 11) is 1.10. The lowest BCUT2D eigenvalue weighted by Crippen LogP contribution is -2.24. The van der Waals surface area contributed by atoms with Gasteiger partial charge in [0.25, 0.3) is 0 Å². The van der Waals surface area contributed by atoms with Gasteiger partial charge in [-0.05, 0) is 36.9 Å². The highest BCUT2D eigenvalue weighted by atomic mass is 35.5. The van der Waals surface area contributed by atoms with Crippen LogP contribution in [-0.2, 0) is 21.4 Å². The van der Waals surface area contributed by atoms with Gasteiger partial charge in [-0.1, -0.05) is 46.9 Å². The van der Waals surface area contributed by atoms with Crippen LogP contribution in [0.2, 0.25) is 15.1 Å². The third-order valence-electron chi connectivity index (χ3n) is 4.18. The number of halogens is 3. The van der Waals surface area contributed by atoms with Crippen molar-refractivity contribution in [2.75, 3.05) is 33.0 Å². The zero-order valence-electron chi connectivity index (χ0n) is 16.2. The number of amides is 1. The van der Waals surface area contributed by atoms with Gasteiger partial charge in [0.2, 0.25) is 15.9 Å². The summed E-state index contributed by atoms with van der Waals surface area (Å²) in [5.41, 5.74) is 1.12. The first-order chi connectivity index (χ1) is 13.5. The highest BCUT2D eigenvalue weighted by Gasteiger charge is 2.19. The maximum absolute atomic E-state index is 12.3. The summed E-state index contributed by atoms with van der Waals surface area (Å²) in [6, 6.07) is 9.61. The van der Waals surface area contributed by atoms with Gasteiger partial charge in [0.15, 0.2) is 0 Å². The van der Waals surface area contributed by atoms with Crippen molar-refractivity contribution < 1.29 is 13.2 Å². The fourth-order valence-electron chi connectivity index (χ4n) is 2.52. The van der Waals surface area contributed by atoms with Gasteiger partial charge in [-0.25, -0.2) is 12.7 Å². The van der Waals surface area contributed by atoms with Crippen LogP contribution in [0.5, 0.6) is 0 Å². The zero-order valence-corrected chi connectivity index (χ0v) is 19.3. The van der Waals surface area contributed by atoms with Crippen molar-refractivity contribution in [3.8, 4) is 0 Å². The van der Waals surface area contributed by atoms with Gasteiger partial charge in [-0.2, -0.15) is 0 Å². The summed E-state index contributed by atoms with van der Waals surface area (Å²) in [6.45, 7) is 0.992. The molecule has 2 aromatic rings. The molecule has 0 heterocycles. The highest BCUT2D eigenvalue weighted by Crippen LogP contribution is 2.27. The fraction of sp³-hybridized carbons (Fsp3) is 0.316. The largest absolute Gasteiger partial charge is 0.325 e. The molecule has 0 atom stereocenters. The van der Waals surface area contributed by atoms with Crippen molar-refractivity contribution in [2.45, 2.75) is 17.9 Å². The number of nitrogens with zero attached hydrogens (tertiary/aromatic N) is 2. The van der Waals surface area contributed by atoms with Gasteiger partial charge >= 0.3 is 0 Å². The lowest BCUT2D eigenvalue weighted by atomic mass is 10.2. The standard InChI is InChI=1S/C19H22Cl3N3O3S/c1-24(2)29(27,28)14-7-8-15(20)17(11-14)23-18(26)9-10-25(3)12-13-5-4-6-16(21)19(13)22/h4-8,11H,9-10,12H2,1-3H3,(H,23,26). The van der Waals surface area contributed by atoms with E-state index in [0.717, 1.165) is 9.87 Å². The Hall–Kier alpha value is -1.35. The first kappa shape index (κ1) is 23.9. The molecule has 158 valence electrons. The van der Waals surface area contributed by atoms with E-state index in [1.54, 1.807) is 6.07 Å². The van der Waals surface area contributed by atoms with E-state index in [4.69, 9.17) is 34.8 Å². The second-order valence-electron chi connectivity index (χ2n) is 6.68. The molecule has 0 spiro atoms. The Kier molecular flexibility index (Phi) is 8.34. The van der Waals surface area contributed by atoms with Crippen LogP contribution in [0.4, 0.5) is 5.69 Å². The molecule has 0 unspecified atom stereocenters. The molecule has 0 aliphatic heterocycles. The van der Waals surface area contributed by atoms with Crippen molar-refractivity contribution in [3.63, 3.8) is 0 Å². The smallest absolute Gasteiger partial charge is 0.242 e. The second kappa shape index (κ2) is 10.1. The Morgan fingerprint density at radius 1 is 1.03 bits per heavy atom. The topological polar surface area (TPSA) is 69.7 Å². The zero-order chi connectivity index (χ0) is 21.8. The summed E-state index contributed by atoms with van der Waals surface area (Å²) in [5.74, 6) is -0.282. The van der Waals surface area contributed by atoms with E-state index >= 15 is 0 Å². The van der Waals surface area contributed by atoms with Gasteiger partial charge in [0.1, 0.15) is 0 Å². The van der Waals surface area contributed by atoms with Gasteiger partial charge in [-0.15, -0.1) is 0 Å². The number of hydrogen-bond acceptors (Lipinski definition) is 4. The predicted molar refractivity (Wildman–Crippen MR) is 118 cm³/mol. The molecule has 10 heteroatoms. The molecule has 0 aliphatic rings. The molecular weight excluding hydrogens is 457 g/mol. The first-order valence-corrected chi connectivity index (χ1v) is 11.2. The molecule has 29 heavy (non-hydrogen) atoms. The van der Waals surface area contributed by atoms with Crippen LogP contribution < -0.4 is 5.32 Å². The summed E-state index contributed by atoms with van der Waals surface area (Å²) in [5, 5.41) is 3.91. The molecule has 6 nitrogen and oxygen atoms in total. The minimum absolute atomic E-state index is 0.0508. The minimum Gasteiger partial charge on any atom is -0.325 e. The lowest BCUT2D eigenvalue weighted by molar-refractivity contribution is -0.116. The van der Waals surface area contributed by atoms with Crippen LogP contribution in [0.1, 0.15) is 12.0 Å². The molecule has 0 fully saturated rings. The van der Waals surface area contributed by atoms with Crippen LogP contribution >= 0.6 is 34.8 Å². The van der Waals surface area contributed by atoms with E-state index in [1.165, 1.54) is 32.3 Å². The van der Waals surface area contributed by atoms with E-state index in [1.807, 2.05) is 24.1 Å². The van der Waals surface area contributed by atoms with Crippen LogP contribution in [-0.4, -0.2) is 51.2 Å². The monoisotopic (exact) mass is 477 g/mol. The first-order valence-electron chi connectivity index (χ1n) is 8.65. The van der Waals surface area contributed by atoms with Gasteiger partial charge < -0.3 is 10.2 Å². The quantitative estimate of drug-likeness (QED) is 0.612. The van der Waals surface area contributed by atoms with Gasteiger partial charge in [-0.3, -0.25) is 4.79 Å². The van der Waals surface area contributed by atoms with E-state index in [-0.39, 0.29) is 27.9 Å². The number of hydrogen-bond donors (Lipinski definition) is 1. The number of benzene rings is 2. The number of nitrogens with one attached hydrogen (secondary N) is 1. The van der Waals surface area contributed by atoms with Gasteiger partial charge in [0, 0.05) is 33.6 Å². The van der Waals surface area contributed by atoms with Gasteiger partial charge in [0.05, 0.1) is 25.7 Å². The van der Waals surface area contributed by atoms with Crippen molar-refractivity contribution in [1.82, 2.24) is 9.21 Å². The van der Waals surface area contributed by atoms with Crippen LogP contribution in [0.15, 0.2) is 41.3 Å².